The van der Waals surface area contributed by atoms with Crippen molar-refractivity contribution in [2.75, 3.05) is 12.9 Å². The van der Waals surface area contributed by atoms with E-state index < -0.39 is 0 Å². The number of methoxy groups -OCH3 is 1. The predicted octanol–water partition coefficient (Wildman–Crippen LogP) is 6.00. The van der Waals surface area contributed by atoms with E-state index in [9.17, 15) is 4.79 Å². The molecule has 7 heteroatoms. The number of nitrogens with zero attached hydrogens (tertiary/aromatic N) is 4. The molecule has 0 amide bonds. The lowest BCUT2D eigenvalue weighted by molar-refractivity contribution is -0.140. The van der Waals surface area contributed by atoms with E-state index in [1.54, 1.807) is 11.8 Å². The number of unbranched alkanes of at least 4 members (excludes halogenated alkanes) is 11. The van der Waals surface area contributed by atoms with Crippen molar-refractivity contribution < 1.29 is 9.53 Å². The molecule has 1 aromatic carbocycles. The first-order chi connectivity index (χ1) is 14.8. The van der Waals surface area contributed by atoms with Crippen LogP contribution in [0.2, 0.25) is 0 Å². The van der Waals surface area contributed by atoms with Gasteiger partial charge in [-0.25, -0.2) is 0 Å². The number of carbonyl (C=O) groups is 1. The van der Waals surface area contributed by atoms with Gasteiger partial charge in [-0.3, -0.25) is 4.79 Å². The van der Waals surface area contributed by atoms with Crippen LogP contribution in [0.25, 0.3) is 5.69 Å². The number of rotatable bonds is 17. The van der Waals surface area contributed by atoms with Crippen molar-refractivity contribution in [1.82, 2.24) is 20.2 Å². The van der Waals surface area contributed by atoms with Crippen LogP contribution in [0.3, 0.4) is 0 Å². The maximum absolute atomic E-state index is 11.0. The van der Waals surface area contributed by atoms with Crippen LogP contribution in [-0.4, -0.2) is 39.0 Å². The van der Waals surface area contributed by atoms with Gasteiger partial charge in [-0.2, -0.15) is 4.68 Å². The predicted molar refractivity (Wildman–Crippen MR) is 122 cm³/mol. The molecular weight excluding hydrogens is 396 g/mol. The summed E-state index contributed by atoms with van der Waals surface area (Å²) in [6, 6.07) is 10.0. The number of carbonyl (C=O) groups excluding carboxylic acids is 1. The van der Waals surface area contributed by atoms with E-state index in [0.717, 1.165) is 29.4 Å². The summed E-state index contributed by atoms with van der Waals surface area (Å²) in [6.07, 6.45) is 15.7. The fraction of sp³-hybridized carbons (Fsp3) is 0.652. The van der Waals surface area contributed by atoms with E-state index in [1.807, 2.05) is 35.0 Å². The summed E-state index contributed by atoms with van der Waals surface area (Å²) in [5.74, 6) is 0.976. The van der Waals surface area contributed by atoms with Crippen LogP contribution < -0.4 is 0 Å². The fourth-order valence-electron chi connectivity index (χ4n) is 3.40. The molecule has 1 heterocycles. The number of ether oxygens (including phenoxy) is 1. The maximum Gasteiger partial charge on any atom is 0.305 e. The number of esters is 1. The minimum atomic E-state index is -0.0823. The molecule has 2 aromatic rings. The van der Waals surface area contributed by atoms with Crippen LogP contribution in [0.15, 0.2) is 35.5 Å². The van der Waals surface area contributed by atoms with Gasteiger partial charge in [0.15, 0.2) is 0 Å². The molecule has 1 aromatic heterocycles. The second-order valence-electron chi connectivity index (χ2n) is 7.63. The molecule has 0 saturated heterocycles. The lowest BCUT2D eigenvalue weighted by Gasteiger charge is -2.04. The van der Waals surface area contributed by atoms with Crippen molar-refractivity contribution in [1.29, 1.82) is 0 Å². The number of tetrazole rings is 1. The highest BCUT2D eigenvalue weighted by Gasteiger charge is 2.08. The highest BCUT2D eigenvalue weighted by molar-refractivity contribution is 7.99. The quantitative estimate of drug-likeness (QED) is 0.173. The van der Waals surface area contributed by atoms with Crippen LogP contribution in [0.1, 0.15) is 83.5 Å². The minimum Gasteiger partial charge on any atom is -0.469 e. The first-order valence-electron chi connectivity index (χ1n) is 11.3. The molecule has 2 rings (SSSR count). The first-order valence-corrected chi connectivity index (χ1v) is 12.3. The van der Waals surface area contributed by atoms with Gasteiger partial charge >= 0.3 is 5.97 Å². The lowest BCUT2D eigenvalue weighted by atomic mass is 10.0. The van der Waals surface area contributed by atoms with Gasteiger partial charge in [0, 0.05) is 12.2 Å². The number of para-hydroxylation sites is 1. The molecule has 0 bridgehead atoms. The molecule has 30 heavy (non-hydrogen) atoms. The van der Waals surface area contributed by atoms with Gasteiger partial charge in [0.2, 0.25) is 5.16 Å². The fourth-order valence-corrected chi connectivity index (χ4v) is 4.29. The van der Waals surface area contributed by atoms with Crippen LogP contribution in [0.4, 0.5) is 0 Å². The van der Waals surface area contributed by atoms with Gasteiger partial charge in [-0.1, -0.05) is 94.2 Å². The van der Waals surface area contributed by atoms with Gasteiger partial charge < -0.3 is 4.74 Å². The average Bonchev–Trinajstić information content (AvgIpc) is 3.25. The summed E-state index contributed by atoms with van der Waals surface area (Å²) < 4.78 is 6.46. The zero-order valence-corrected chi connectivity index (χ0v) is 19.1. The number of aromatic nitrogens is 4. The minimum absolute atomic E-state index is 0.0823. The Morgan fingerprint density at radius 3 is 2.03 bits per heavy atom. The zero-order valence-electron chi connectivity index (χ0n) is 18.3. The molecule has 0 aliphatic rings. The molecule has 166 valence electrons. The van der Waals surface area contributed by atoms with Gasteiger partial charge in [-0.05, 0) is 35.4 Å². The maximum atomic E-state index is 11.0. The smallest absolute Gasteiger partial charge is 0.305 e. The van der Waals surface area contributed by atoms with Gasteiger partial charge in [0.05, 0.1) is 12.8 Å². The van der Waals surface area contributed by atoms with Crippen LogP contribution in [0.5, 0.6) is 0 Å². The van der Waals surface area contributed by atoms with E-state index in [4.69, 9.17) is 0 Å². The number of hydrogen-bond acceptors (Lipinski definition) is 6. The zero-order chi connectivity index (χ0) is 21.3. The van der Waals surface area contributed by atoms with Crippen molar-refractivity contribution >= 4 is 17.7 Å². The topological polar surface area (TPSA) is 69.9 Å². The van der Waals surface area contributed by atoms with Crippen molar-refractivity contribution in [2.45, 2.75) is 88.6 Å². The van der Waals surface area contributed by atoms with E-state index >= 15 is 0 Å². The number of thioether (sulfide) groups is 1. The van der Waals surface area contributed by atoms with Crippen molar-refractivity contribution in [3.05, 3.63) is 30.3 Å². The van der Waals surface area contributed by atoms with E-state index in [-0.39, 0.29) is 5.97 Å². The van der Waals surface area contributed by atoms with E-state index in [2.05, 4.69) is 20.3 Å². The molecule has 0 atom stereocenters. The first kappa shape index (κ1) is 24.4. The SMILES string of the molecule is COC(=O)CCCCCCCCCCCCCCSc1nnnn1-c1ccccc1. The monoisotopic (exact) mass is 432 g/mol. The van der Waals surface area contributed by atoms with Gasteiger partial charge in [0.1, 0.15) is 0 Å². The highest BCUT2D eigenvalue weighted by atomic mass is 32.2. The van der Waals surface area contributed by atoms with Gasteiger partial charge in [-0.15, -0.1) is 5.10 Å². The largest absolute Gasteiger partial charge is 0.469 e. The normalized spacial score (nSPS) is 11.0. The molecular formula is C23H36N4O2S. The van der Waals surface area contributed by atoms with Crippen LogP contribution in [-0.2, 0) is 9.53 Å². The standard InChI is InChI=1S/C23H36N4O2S/c1-29-22(28)19-15-10-8-6-4-2-3-5-7-9-11-16-20-30-23-24-25-26-27(23)21-17-13-12-14-18-21/h12-14,17-18H,2-11,15-16,19-20H2,1H3. The van der Waals surface area contributed by atoms with Crippen LogP contribution in [0, 0.1) is 0 Å². The van der Waals surface area contributed by atoms with E-state index in [1.165, 1.54) is 71.3 Å². The molecule has 0 radical (unpaired) electrons. The van der Waals surface area contributed by atoms with E-state index in [0.29, 0.717) is 6.42 Å². The number of hydrogen-bond donors (Lipinski definition) is 0. The second kappa shape index (κ2) is 15.9. The van der Waals surface area contributed by atoms with Crippen molar-refractivity contribution in [3.63, 3.8) is 0 Å². The third-order valence-electron chi connectivity index (χ3n) is 5.18. The Kier molecular flexibility index (Phi) is 12.9. The van der Waals surface area contributed by atoms with Crippen LogP contribution >= 0.6 is 11.8 Å². The van der Waals surface area contributed by atoms with Crippen molar-refractivity contribution in [2.24, 2.45) is 0 Å². The Bertz CT molecular complexity index is 694. The molecule has 0 saturated carbocycles. The molecule has 0 aliphatic carbocycles. The van der Waals surface area contributed by atoms with Crippen molar-refractivity contribution in [3.8, 4) is 5.69 Å². The average molecular weight is 433 g/mol. The molecule has 0 spiro atoms. The summed E-state index contributed by atoms with van der Waals surface area (Å²) in [6.45, 7) is 0. The van der Waals surface area contributed by atoms with Gasteiger partial charge in [0.25, 0.3) is 0 Å². The molecule has 0 fully saturated rings. The molecule has 0 aliphatic heterocycles. The molecule has 0 unspecified atom stereocenters. The molecule has 6 nitrogen and oxygen atoms in total. The summed E-state index contributed by atoms with van der Waals surface area (Å²) in [5, 5.41) is 12.9. The molecule has 0 N–H and O–H groups in total. The number of benzene rings is 1. The second-order valence-corrected chi connectivity index (χ2v) is 8.69. The highest BCUT2D eigenvalue weighted by Crippen LogP contribution is 2.20. The Morgan fingerprint density at radius 1 is 0.867 bits per heavy atom. The summed E-state index contributed by atoms with van der Waals surface area (Å²) in [4.78, 5) is 11.0. The Morgan fingerprint density at radius 2 is 1.43 bits per heavy atom. The third-order valence-corrected chi connectivity index (χ3v) is 6.18. The lowest BCUT2D eigenvalue weighted by Crippen LogP contribution is -1.99. The third kappa shape index (κ3) is 10.2. The summed E-state index contributed by atoms with van der Waals surface area (Å²) >= 11 is 1.74. The Hall–Kier alpha value is -1.89. The Labute approximate surface area is 185 Å². The Balaban J connectivity index is 1.38. The summed E-state index contributed by atoms with van der Waals surface area (Å²) in [5.41, 5.74) is 1.01. The summed E-state index contributed by atoms with van der Waals surface area (Å²) in [7, 11) is 1.46.